The number of rotatable bonds is 12. The molecule has 31 heavy (non-hydrogen) atoms. The van der Waals surface area contributed by atoms with Crippen LogP contribution in [0.3, 0.4) is 0 Å². The molecule has 1 unspecified atom stereocenters. The Morgan fingerprint density at radius 2 is 1.68 bits per heavy atom. The molecule has 0 radical (unpaired) electrons. The summed E-state index contributed by atoms with van der Waals surface area (Å²) in [4.78, 5) is 12.2. The average Bonchev–Trinajstić information content (AvgIpc) is 2.74. The molecule has 1 atom stereocenters. The number of carbonyl (C=O) groups excluding carboxylic acids is 1. The van der Waals surface area contributed by atoms with Gasteiger partial charge in [-0.25, -0.2) is 8.42 Å². The number of hydrogen-bond donors (Lipinski definition) is 1. The Morgan fingerprint density at radius 3 is 2.29 bits per heavy atom. The van der Waals surface area contributed by atoms with Crippen molar-refractivity contribution in [1.29, 1.82) is 0 Å². The molecule has 0 aromatic heterocycles. The molecule has 1 amide bonds. The molecule has 0 spiro atoms. The second-order valence-electron chi connectivity index (χ2n) is 7.10. The number of nitrogens with one attached hydrogen (secondary N) is 1. The van der Waals surface area contributed by atoms with Crippen LogP contribution in [0.15, 0.2) is 48.5 Å². The Hall–Kier alpha value is -2.94. The van der Waals surface area contributed by atoms with E-state index in [2.05, 4.69) is 5.32 Å². The first kappa shape index (κ1) is 24.3. The second-order valence-corrected chi connectivity index (χ2v) is 9.00. The quantitative estimate of drug-likeness (QED) is 0.534. The molecule has 1 N–H and O–H groups in total. The van der Waals surface area contributed by atoms with Crippen molar-refractivity contribution in [2.75, 3.05) is 37.9 Å². The van der Waals surface area contributed by atoms with E-state index in [0.717, 1.165) is 12.0 Å². The monoisotopic (exact) mass is 450 g/mol. The zero-order chi connectivity index (χ0) is 22.9. The molecule has 2 aromatic rings. The van der Waals surface area contributed by atoms with Gasteiger partial charge >= 0.3 is 0 Å². The number of methoxy groups -OCH3 is 2. The number of ether oxygens (including phenoxy) is 3. The standard InChI is InChI=1S/C22H30N2O6S/c1-17(16-30-20-12-10-19(28-2)11-13-20)23-22(25)9-6-14-24(31(4,26)27)18-7-5-8-21(15-18)29-3/h5,7-8,10-13,15,17H,6,9,14,16H2,1-4H3,(H,23,25). The molecule has 0 fully saturated rings. The predicted molar refractivity (Wildman–Crippen MR) is 121 cm³/mol. The molecular formula is C22H30N2O6S. The van der Waals surface area contributed by atoms with Crippen LogP contribution >= 0.6 is 0 Å². The Kier molecular flexibility index (Phi) is 8.99. The van der Waals surface area contributed by atoms with E-state index in [-0.39, 0.29) is 24.9 Å². The lowest BCUT2D eigenvalue weighted by atomic mass is 10.2. The van der Waals surface area contributed by atoms with E-state index in [1.807, 2.05) is 6.92 Å². The molecule has 0 saturated heterocycles. The molecule has 2 rings (SSSR count). The van der Waals surface area contributed by atoms with Crippen molar-refractivity contribution in [1.82, 2.24) is 5.32 Å². The summed E-state index contributed by atoms with van der Waals surface area (Å²) in [5, 5.41) is 2.87. The van der Waals surface area contributed by atoms with Crippen molar-refractivity contribution in [3.05, 3.63) is 48.5 Å². The summed E-state index contributed by atoms with van der Waals surface area (Å²) >= 11 is 0. The summed E-state index contributed by atoms with van der Waals surface area (Å²) < 4.78 is 41.6. The van der Waals surface area contributed by atoms with Crippen LogP contribution in [-0.2, 0) is 14.8 Å². The van der Waals surface area contributed by atoms with Gasteiger partial charge in [0, 0.05) is 19.0 Å². The third kappa shape index (κ3) is 8.01. The second kappa shape index (κ2) is 11.5. The van der Waals surface area contributed by atoms with E-state index in [9.17, 15) is 13.2 Å². The smallest absolute Gasteiger partial charge is 0.232 e. The fraction of sp³-hybridized carbons (Fsp3) is 0.409. The predicted octanol–water partition coefficient (Wildman–Crippen LogP) is 2.83. The van der Waals surface area contributed by atoms with Gasteiger partial charge in [-0.2, -0.15) is 0 Å². The molecule has 0 aliphatic rings. The van der Waals surface area contributed by atoms with E-state index in [0.29, 0.717) is 30.2 Å². The van der Waals surface area contributed by atoms with Crippen LogP contribution in [0.5, 0.6) is 17.2 Å². The van der Waals surface area contributed by atoms with Crippen molar-refractivity contribution in [2.45, 2.75) is 25.8 Å². The van der Waals surface area contributed by atoms with Crippen molar-refractivity contribution < 1.29 is 27.4 Å². The molecule has 8 nitrogen and oxygen atoms in total. The summed E-state index contributed by atoms with van der Waals surface area (Å²) in [5.41, 5.74) is 0.503. The summed E-state index contributed by atoms with van der Waals surface area (Å²) in [5.74, 6) is 1.83. The van der Waals surface area contributed by atoms with Crippen LogP contribution in [0.25, 0.3) is 0 Å². The molecule has 0 aliphatic carbocycles. The van der Waals surface area contributed by atoms with Crippen LogP contribution in [0, 0.1) is 0 Å². The van der Waals surface area contributed by atoms with Crippen LogP contribution in [0.2, 0.25) is 0 Å². The number of amides is 1. The van der Waals surface area contributed by atoms with Gasteiger partial charge in [0.1, 0.15) is 23.9 Å². The van der Waals surface area contributed by atoms with Crippen molar-refractivity contribution in [3.63, 3.8) is 0 Å². The van der Waals surface area contributed by atoms with Crippen LogP contribution < -0.4 is 23.8 Å². The lowest BCUT2D eigenvalue weighted by Crippen LogP contribution is -2.37. The lowest BCUT2D eigenvalue weighted by Gasteiger charge is -2.23. The minimum Gasteiger partial charge on any atom is -0.497 e. The van der Waals surface area contributed by atoms with Crippen LogP contribution in [0.4, 0.5) is 5.69 Å². The number of benzene rings is 2. The molecule has 9 heteroatoms. The molecule has 0 bridgehead atoms. The van der Waals surface area contributed by atoms with E-state index < -0.39 is 10.0 Å². The molecule has 0 heterocycles. The third-order valence-corrected chi connectivity index (χ3v) is 5.67. The van der Waals surface area contributed by atoms with Gasteiger partial charge in [-0.1, -0.05) is 6.07 Å². The van der Waals surface area contributed by atoms with Gasteiger partial charge in [0.05, 0.1) is 32.2 Å². The van der Waals surface area contributed by atoms with Gasteiger partial charge in [-0.05, 0) is 49.7 Å². The SMILES string of the molecule is COc1ccc(OCC(C)NC(=O)CCCN(c2cccc(OC)c2)S(C)(=O)=O)cc1. The normalized spacial score (nSPS) is 12.0. The van der Waals surface area contributed by atoms with Gasteiger partial charge in [0.2, 0.25) is 15.9 Å². The van der Waals surface area contributed by atoms with E-state index in [1.165, 1.54) is 11.4 Å². The van der Waals surface area contributed by atoms with E-state index in [4.69, 9.17) is 14.2 Å². The first-order valence-electron chi connectivity index (χ1n) is 9.91. The highest BCUT2D eigenvalue weighted by atomic mass is 32.2. The molecule has 0 aliphatic heterocycles. The Bertz CT molecular complexity index is 947. The highest BCUT2D eigenvalue weighted by molar-refractivity contribution is 7.92. The summed E-state index contributed by atoms with van der Waals surface area (Å²) in [7, 11) is -0.373. The molecule has 2 aromatic carbocycles. The number of anilines is 1. The largest absolute Gasteiger partial charge is 0.497 e. The lowest BCUT2D eigenvalue weighted by molar-refractivity contribution is -0.121. The van der Waals surface area contributed by atoms with Crippen molar-refractivity contribution >= 4 is 21.6 Å². The van der Waals surface area contributed by atoms with E-state index in [1.54, 1.807) is 55.6 Å². The maximum absolute atomic E-state index is 12.2. The number of hydrogen-bond acceptors (Lipinski definition) is 6. The zero-order valence-corrected chi connectivity index (χ0v) is 19.1. The topological polar surface area (TPSA) is 94.2 Å². The molecule has 0 saturated carbocycles. The number of sulfonamides is 1. The average molecular weight is 451 g/mol. The highest BCUT2D eigenvalue weighted by Crippen LogP contribution is 2.23. The Morgan fingerprint density at radius 1 is 1.03 bits per heavy atom. The summed E-state index contributed by atoms with van der Waals surface area (Å²) in [6, 6.07) is 13.8. The first-order chi connectivity index (χ1) is 14.7. The maximum Gasteiger partial charge on any atom is 0.232 e. The van der Waals surface area contributed by atoms with Gasteiger partial charge in [0.15, 0.2) is 0 Å². The highest BCUT2D eigenvalue weighted by Gasteiger charge is 2.18. The third-order valence-electron chi connectivity index (χ3n) is 4.47. The minimum absolute atomic E-state index is 0.162. The first-order valence-corrected chi connectivity index (χ1v) is 11.8. The van der Waals surface area contributed by atoms with Gasteiger partial charge < -0.3 is 19.5 Å². The Labute approximate surface area is 184 Å². The zero-order valence-electron chi connectivity index (χ0n) is 18.3. The Balaban J connectivity index is 1.81. The van der Waals surface area contributed by atoms with Gasteiger partial charge in [-0.3, -0.25) is 9.10 Å². The fourth-order valence-electron chi connectivity index (χ4n) is 2.92. The summed E-state index contributed by atoms with van der Waals surface area (Å²) in [6.07, 6.45) is 1.72. The van der Waals surface area contributed by atoms with Crippen LogP contribution in [0.1, 0.15) is 19.8 Å². The number of carbonyl (C=O) groups is 1. The maximum atomic E-state index is 12.2. The molecular weight excluding hydrogens is 420 g/mol. The van der Waals surface area contributed by atoms with E-state index >= 15 is 0 Å². The van der Waals surface area contributed by atoms with Gasteiger partial charge in [-0.15, -0.1) is 0 Å². The number of nitrogens with zero attached hydrogens (tertiary/aromatic N) is 1. The minimum atomic E-state index is -3.49. The van der Waals surface area contributed by atoms with Crippen molar-refractivity contribution in [3.8, 4) is 17.2 Å². The summed E-state index contributed by atoms with van der Waals surface area (Å²) in [6.45, 7) is 2.36. The fourth-order valence-corrected chi connectivity index (χ4v) is 3.87. The van der Waals surface area contributed by atoms with Gasteiger partial charge in [0.25, 0.3) is 0 Å². The van der Waals surface area contributed by atoms with Crippen LogP contribution in [-0.4, -0.2) is 54.0 Å². The molecule has 170 valence electrons. The van der Waals surface area contributed by atoms with Crippen molar-refractivity contribution in [2.24, 2.45) is 0 Å².